The molecule has 150 valence electrons. The molecule has 0 unspecified atom stereocenters. The van der Waals surface area contributed by atoms with E-state index in [4.69, 9.17) is 0 Å². The lowest BCUT2D eigenvalue weighted by atomic mass is 10.1. The van der Waals surface area contributed by atoms with E-state index in [1.54, 1.807) is 24.4 Å². The Labute approximate surface area is 172 Å². The van der Waals surface area contributed by atoms with Crippen molar-refractivity contribution in [2.45, 2.75) is 6.42 Å². The van der Waals surface area contributed by atoms with Crippen LogP contribution in [0.15, 0.2) is 35.5 Å². The number of aromatic nitrogens is 2. The van der Waals surface area contributed by atoms with Gasteiger partial charge in [-0.05, 0) is 55.5 Å². The molecule has 2 aliphatic rings. The highest BCUT2D eigenvalue weighted by Gasteiger charge is 2.25. The summed E-state index contributed by atoms with van der Waals surface area (Å²) in [6.07, 6.45) is 5.82. The van der Waals surface area contributed by atoms with E-state index in [9.17, 15) is 14.0 Å². The number of carbonyl (C=O) groups is 2. The number of hydrogen-bond acceptors (Lipinski definition) is 7. The molecule has 2 aromatic rings. The molecule has 9 heteroatoms. The maximum atomic E-state index is 14.6. The van der Waals surface area contributed by atoms with E-state index in [0.717, 1.165) is 50.2 Å². The van der Waals surface area contributed by atoms with Gasteiger partial charge in [0.2, 0.25) is 0 Å². The minimum absolute atomic E-state index is 0.279. The summed E-state index contributed by atoms with van der Waals surface area (Å²) >= 11 is 0.827. The Bertz CT molecular complexity index is 997. The normalized spacial score (nSPS) is 19.5. The molecule has 0 spiro atoms. The number of carbonyl (C=O) groups excluding carboxylic acids is 2. The minimum Gasteiger partial charge on any atom is -0.354 e. The zero-order chi connectivity index (χ0) is 20.4. The van der Waals surface area contributed by atoms with Crippen LogP contribution in [0, 0.1) is 5.82 Å². The summed E-state index contributed by atoms with van der Waals surface area (Å²) < 4.78 is 14.6. The van der Waals surface area contributed by atoms with Gasteiger partial charge in [0.1, 0.15) is 11.6 Å². The van der Waals surface area contributed by atoms with Crippen molar-refractivity contribution in [1.82, 2.24) is 20.2 Å². The molecule has 2 saturated heterocycles. The second-order valence-electron chi connectivity index (χ2n) is 7.00. The predicted octanol–water partition coefficient (Wildman–Crippen LogP) is 2.75. The number of benzene rings is 1. The first-order valence-electron chi connectivity index (χ1n) is 9.30. The number of hydrogen-bond donors (Lipinski definition) is 1. The summed E-state index contributed by atoms with van der Waals surface area (Å²) in [4.78, 5) is 36.7. The first kappa shape index (κ1) is 19.5. The Balaban J connectivity index is 1.64. The molecule has 29 heavy (non-hydrogen) atoms. The maximum absolute atomic E-state index is 14.6. The van der Waals surface area contributed by atoms with Crippen molar-refractivity contribution < 1.29 is 14.0 Å². The van der Waals surface area contributed by atoms with Crippen LogP contribution >= 0.6 is 11.8 Å². The summed E-state index contributed by atoms with van der Waals surface area (Å²) in [5.41, 5.74) is 1.34. The molecule has 0 aliphatic carbocycles. The third-order valence-electron chi connectivity index (χ3n) is 4.87. The average Bonchev–Trinajstić information content (AvgIpc) is 2.89. The number of amides is 2. The van der Waals surface area contributed by atoms with E-state index >= 15 is 0 Å². The highest BCUT2D eigenvalue weighted by atomic mass is 32.2. The van der Waals surface area contributed by atoms with E-state index in [0.29, 0.717) is 16.8 Å². The van der Waals surface area contributed by atoms with E-state index in [2.05, 4.69) is 32.1 Å². The largest absolute Gasteiger partial charge is 0.354 e. The van der Waals surface area contributed by atoms with Crippen LogP contribution in [0.2, 0.25) is 0 Å². The molecule has 4 rings (SSSR count). The van der Waals surface area contributed by atoms with Crippen LogP contribution in [0.1, 0.15) is 12.0 Å². The molecule has 0 atom stereocenters. The summed E-state index contributed by atoms with van der Waals surface area (Å²) in [6.45, 7) is 3.67. The number of anilines is 1. The Morgan fingerprint density at radius 2 is 2.03 bits per heavy atom. The fraction of sp³-hybridized carbons (Fsp3) is 0.300. The third-order valence-corrected chi connectivity index (χ3v) is 5.68. The summed E-state index contributed by atoms with van der Waals surface area (Å²) in [5.74, 6) is -0.148. The molecule has 1 aromatic carbocycles. The fourth-order valence-corrected chi connectivity index (χ4v) is 4.00. The van der Waals surface area contributed by atoms with Crippen molar-refractivity contribution in [3.63, 3.8) is 0 Å². The van der Waals surface area contributed by atoms with Crippen LogP contribution in [0.3, 0.4) is 0 Å². The summed E-state index contributed by atoms with van der Waals surface area (Å²) in [7, 11) is 2.09. The number of nitrogens with one attached hydrogen (secondary N) is 1. The van der Waals surface area contributed by atoms with Gasteiger partial charge in [-0.1, -0.05) is 6.07 Å². The van der Waals surface area contributed by atoms with Gasteiger partial charge in [0, 0.05) is 25.2 Å². The Morgan fingerprint density at radius 1 is 1.17 bits per heavy atom. The molecule has 1 aromatic heterocycles. The first-order valence-corrected chi connectivity index (χ1v) is 10.1. The smallest absolute Gasteiger partial charge is 0.290 e. The van der Waals surface area contributed by atoms with Crippen molar-refractivity contribution in [1.29, 1.82) is 0 Å². The standard InChI is InChI=1S/C20H20FN5O2S/c1-25-5-2-6-26(8-7-25)18-12-22-11-16(23-18)14-9-13(3-4-15(14)21)10-17-19(27)24-20(28)29-17/h3-4,9-12H,2,5-8H2,1H3,(H,24,27,28)/b17-10+. The minimum atomic E-state index is -0.446. The summed E-state index contributed by atoms with van der Waals surface area (Å²) in [5, 5.41) is 1.80. The monoisotopic (exact) mass is 413 g/mol. The Kier molecular flexibility index (Phi) is 5.59. The molecule has 7 nitrogen and oxygen atoms in total. The van der Waals surface area contributed by atoms with Crippen LogP contribution in [-0.2, 0) is 4.79 Å². The highest BCUT2D eigenvalue weighted by Crippen LogP contribution is 2.29. The number of halogens is 1. The molecule has 2 fully saturated rings. The second-order valence-corrected chi connectivity index (χ2v) is 8.01. The van der Waals surface area contributed by atoms with Gasteiger partial charge < -0.3 is 9.80 Å². The van der Waals surface area contributed by atoms with Crippen LogP contribution in [-0.4, -0.2) is 59.2 Å². The zero-order valence-corrected chi connectivity index (χ0v) is 16.7. The maximum Gasteiger partial charge on any atom is 0.290 e. The number of rotatable bonds is 3. The van der Waals surface area contributed by atoms with Crippen molar-refractivity contribution in [3.05, 3.63) is 46.9 Å². The quantitative estimate of drug-likeness (QED) is 0.775. The van der Waals surface area contributed by atoms with Crippen LogP contribution in [0.5, 0.6) is 0 Å². The number of likely N-dealkylation sites (N-methyl/N-ethyl adjacent to an activating group) is 1. The zero-order valence-electron chi connectivity index (χ0n) is 15.9. The second kappa shape index (κ2) is 8.30. The molecule has 2 aliphatic heterocycles. The molecule has 0 saturated carbocycles. The highest BCUT2D eigenvalue weighted by molar-refractivity contribution is 8.18. The van der Waals surface area contributed by atoms with E-state index in [-0.39, 0.29) is 4.91 Å². The van der Waals surface area contributed by atoms with E-state index in [1.165, 1.54) is 12.3 Å². The molecule has 0 bridgehead atoms. The van der Waals surface area contributed by atoms with Crippen LogP contribution in [0.25, 0.3) is 17.3 Å². The van der Waals surface area contributed by atoms with Crippen molar-refractivity contribution in [2.75, 3.05) is 38.1 Å². The van der Waals surface area contributed by atoms with Gasteiger partial charge in [-0.2, -0.15) is 0 Å². The number of nitrogens with zero attached hydrogens (tertiary/aromatic N) is 4. The predicted molar refractivity (Wildman–Crippen MR) is 111 cm³/mol. The van der Waals surface area contributed by atoms with E-state index in [1.807, 2.05) is 0 Å². The van der Waals surface area contributed by atoms with Gasteiger partial charge in [-0.25, -0.2) is 9.37 Å². The number of imide groups is 1. The number of thioether (sulfide) groups is 1. The molecular weight excluding hydrogens is 393 g/mol. The van der Waals surface area contributed by atoms with Gasteiger partial charge in [0.15, 0.2) is 0 Å². The van der Waals surface area contributed by atoms with E-state index < -0.39 is 17.0 Å². The average molecular weight is 413 g/mol. The van der Waals surface area contributed by atoms with Crippen molar-refractivity contribution in [2.24, 2.45) is 0 Å². The third kappa shape index (κ3) is 4.46. The lowest BCUT2D eigenvalue weighted by Crippen LogP contribution is -2.29. The first-order chi connectivity index (χ1) is 14.0. The lowest BCUT2D eigenvalue weighted by molar-refractivity contribution is -0.115. The van der Waals surface area contributed by atoms with Crippen molar-refractivity contribution >= 4 is 34.8 Å². The van der Waals surface area contributed by atoms with Gasteiger partial charge in [0.25, 0.3) is 11.1 Å². The van der Waals surface area contributed by atoms with Gasteiger partial charge in [-0.3, -0.25) is 19.9 Å². The fourth-order valence-electron chi connectivity index (χ4n) is 3.31. The molecular formula is C20H20FN5O2S. The SMILES string of the molecule is CN1CCCN(c2cncc(-c3cc(/C=C4/SC(=O)NC4=O)ccc3F)n2)CC1. The topological polar surface area (TPSA) is 78.4 Å². The van der Waals surface area contributed by atoms with Gasteiger partial charge in [-0.15, -0.1) is 0 Å². The van der Waals surface area contributed by atoms with Crippen molar-refractivity contribution in [3.8, 4) is 11.3 Å². The Hall–Kier alpha value is -2.78. The molecule has 2 amide bonds. The molecule has 3 heterocycles. The van der Waals surface area contributed by atoms with Crippen LogP contribution < -0.4 is 10.2 Å². The lowest BCUT2D eigenvalue weighted by Gasteiger charge is -2.21. The van der Waals surface area contributed by atoms with Gasteiger partial charge in [0.05, 0.1) is 23.0 Å². The molecule has 0 radical (unpaired) electrons. The van der Waals surface area contributed by atoms with Crippen LogP contribution in [0.4, 0.5) is 15.0 Å². The van der Waals surface area contributed by atoms with Gasteiger partial charge >= 0.3 is 0 Å². The molecule has 1 N–H and O–H groups in total. The Morgan fingerprint density at radius 3 is 2.83 bits per heavy atom. The summed E-state index contributed by atoms with van der Waals surface area (Å²) in [6, 6.07) is 4.50.